The van der Waals surface area contributed by atoms with E-state index in [2.05, 4.69) is 127 Å². The van der Waals surface area contributed by atoms with Crippen LogP contribution in [0.1, 0.15) is 26.3 Å². The van der Waals surface area contributed by atoms with E-state index in [9.17, 15) is 0 Å². The van der Waals surface area contributed by atoms with E-state index in [1.54, 1.807) is 7.11 Å². The van der Waals surface area contributed by atoms with Crippen LogP contribution in [-0.4, -0.2) is 21.2 Å². The van der Waals surface area contributed by atoms with E-state index in [0.717, 1.165) is 39.3 Å². The van der Waals surface area contributed by atoms with Crippen molar-refractivity contribution in [1.29, 1.82) is 0 Å². The van der Waals surface area contributed by atoms with Gasteiger partial charge in [-0.25, -0.2) is 4.98 Å². The smallest absolute Gasteiger partial charge is 0.145 e. The number of hydrogen-bond donors (Lipinski definition) is 0. The van der Waals surface area contributed by atoms with Gasteiger partial charge in [0, 0.05) is 33.8 Å². The van der Waals surface area contributed by atoms with Crippen LogP contribution in [0.2, 0.25) is 0 Å². The Kier molecular flexibility index (Phi) is 4.89. The van der Waals surface area contributed by atoms with E-state index in [0.29, 0.717) is 0 Å². The molecule has 0 unspecified atom stereocenters. The van der Waals surface area contributed by atoms with Crippen molar-refractivity contribution in [3.63, 3.8) is 0 Å². The molecule has 0 fully saturated rings. The predicted molar refractivity (Wildman–Crippen MR) is 158 cm³/mol. The lowest BCUT2D eigenvalue weighted by atomic mass is 9.88. The van der Waals surface area contributed by atoms with Crippen LogP contribution in [0, 0.1) is 0 Å². The van der Waals surface area contributed by atoms with Gasteiger partial charge in [0.05, 0.1) is 34.9 Å². The Morgan fingerprint density at radius 1 is 0.605 bits per heavy atom. The zero-order chi connectivity index (χ0) is 26.0. The number of fused-ring (bicyclic) bond motifs is 6. The number of hydrogen-bond acceptors (Lipinski definition) is 2. The minimum absolute atomic E-state index is 0.0256. The summed E-state index contributed by atoms with van der Waals surface area (Å²) in [6, 6.07) is 34.5. The number of aromatic nitrogens is 3. The number of pyridine rings is 1. The molecule has 186 valence electrons. The van der Waals surface area contributed by atoms with Crippen molar-refractivity contribution in [2.75, 3.05) is 7.11 Å². The average Bonchev–Trinajstić information content (AvgIpc) is 3.44. The fourth-order valence-corrected chi connectivity index (χ4v) is 5.76. The van der Waals surface area contributed by atoms with Crippen LogP contribution < -0.4 is 4.74 Å². The van der Waals surface area contributed by atoms with Crippen molar-refractivity contribution in [1.82, 2.24) is 14.1 Å². The largest absolute Gasteiger partial charge is 0.494 e. The van der Waals surface area contributed by atoms with Crippen LogP contribution in [0.3, 0.4) is 0 Å². The molecule has 4 heteroatoms. The standard InChI is InChI=1S/C34H29N3O/c1-34(2,3)22-17-18-35-33(19-22)37-29-16-10-7-13-25(29)26-20-31(32(38-4)21-30(26)37)36-27-14-8-5-11-23(27)24-12-6-9-15-28(24)36/h5-21H,1-4H3. The van der Waals surface area contributed by atoms with Crippen LogP contribution in [0.25, 0.3) is 55.1 Å². The molecule has 7 aromatic rings. The summed E-state index contributed by atoms with van der Waals surface area (Å²) in [5.74, 6) is 1.73. The predicted octanol–water partition coefficient (Wildman–Crippen LogP) is 8.58. The van der Waals surface area contributed by atoms with E-state index in [1.165, 1.54) is 27.1 Å². The highest BCUT2D eigenvalue weighted by Crippen LogP contribution is 2.41. The molecule has 0 aliphatic heterocycles. The topological polar surface area (TPSA) is 32.0 Å². The molecule has 4 aromatic carbocycles. The van der Waals surface area contributed by atoms with Gasteiger partial charge < -0.3 is 9.30 Å². The average molecular weight is 496 g/mol. The molecule has 0 amide bonds. The third-order valence-electron chi connectivity index (χ3n) is 7.63. The number of para-hydroxylation sites is 3. The minimum atomic E-state index is 0.0256. The molecule has 0 N–H and O–H groups in total. The van der Waals surface area contributed by atoms with Crippen LogP contribution in [0.15, 0.2) is 103 Å². The highest BCUT2D eigenvalue weighted by atomic mass is 16.5. The SMILES string of the molecule is COc1cc2c(cc1-n1c3ccccc3c3ccccc31)c1ccccc1n2-c1cc(C(C)(C)C)ccn1. The number of nitrogens with zero attached hydrogens (tertiary/aromatic N) is 3. The van der Waals surface area contributed by atoms with Gasteiger partial charge in [-0.2, -0.15) is 0 Å². The zero-order valence-corrected chi connectivity index (χ0v) is 22.1. The van der Waals surface area contributed by atoms with Gasteiger partial charge in [-0.1, -0.05) is 75.4 Å². The van der Waals surface area contributed by atoms with E-state index < -0.39 is 0 Å². The molecule has 38 heavy (non-hydrogen) atoms. The summed E-state index contributed by atoms with van der Waals surface area (Å²) in [5.41, 5.74) is 6.83. The first-order valence-electron chi connectivity index (χ1n) is 13.0. The van der Waals surface area contributed by atoms with Gasteiger partial charge in [0.25, 0.3) is 0 Å². The zero-order valence-electron chi connectivity index (χ0n) is 22.1. The van der Waals surface area contributed by atoms with E-state index in [-0.39, 0.29) is 5.41 Å². The summed E-state index contributed by atoms with van der Waals surface area (Å²) in [6.07, 6.45) is 1.92. The first-order chi connectivity index (χ1) is 18.5. The number of rotatable bonds is 3. The summed E-state index contributed by atoms with van der Waals surface area (Å²) in [5, 5.41) is 4.82. The van der Waals surface area contributed by atoms with Crippen LogP contribution in [0.4, 0.5) is 0 Å². The number of benzene rings is 4. The number of ether oxygens (including phenoxy) is 1. The lowest BCUT2D eigenvalue weighted by Gasteiger charge is -2.20. The van der Waals surface area contributed by atoms with Gasteiger partial charge in [-0.05, 0) is 47.4 Å². The first-order valence-corrected chi connectivity index (χ1v) is 13.0. The summed E-state index contributed by atoms with van der Waals surface area (Å²) in [4.78, 5) is 4.82. The third-order valence-corrected chi connectivity index (χ3v) is 7.63. The van der Waals surface area contributed by atoms with Gasteiger partial charge in [-0.3, -0.25) is 4.57 Å². The molecular formula is C34H29N3O. The molecule has 0 atom stereocenters. The van der Waals surface area contributed by atoms with Crippen LogP contribution >= 0.6 is 0 Å². The minimum Gasteiger partial charge on any atom is -0.494 e. The molecule has 7 rings (SSSR count). The molecule has 0 saturated heterocycles. The van der Waals surface area contributed by atoms with Crippen molar-refractivity contribution >= 4 is 43.6 Å². The van der Waals surface area contributed by atoms with Crippen molar-refractivity contribution in [3.05, 3.63) is 109 Å². The third kappa shape index (κ3) is 3.26. The molecule has 0 aliphatic rings. The van der Waals surface area contributed by atoms with E-state index in [4.69, 9.17) is 9.72 Å². The highest BCUT2D eigenvalue weighted by molar-refractivity contribution is 6.12. The van der Waals surface area contributed by atoms with Gasteiger partial charge in [0.15, 0.2) is 0 Å². The van der Waals surface area contributed by atoms with Crippen molar-refractivity contribution in [2.24, 2.45) is 0 Å². The first kappa shape index (κ1) is 22.6. The fraction of sp³-hybridized carbons (Fsp3) is 0.147. The van der Waals surface area contributed by atoms with Crippen LogP contribution in [-0.2, 0) is 5.41 Å². The second kappa shape index (κ2) is 8.22. The van der Waals surface area contributed by atoms with Gasteiger partial charge in [-0.15, -0.1) is 0 Å². The van der Waals surface area contributed by atoms with Gasteiger partial charge in [0.1, 0.15) is 11.6 Å². The van der Waals surface area contributed by atoms with Crippen molar-refractivity contribution < 1.29 is 4.74 Å². The Hall–Kier alpha value is -4.57. The fourth-order valence-electron chi connectivity index (χ4n) is 5.76. The lowest BCUT2D eigenvalue weighted by Crippen LogP contribution is -2.12. The quantitative estimate of drug-likeness (QED) is 0.246. The van der Waals surface area contributed by atoms with Crippen LogP contribution in [0.5, 0.6) is 5.75 Å². The summed E-state index contributed by atoms with van der Waals surface area (Å²) in [7, 11) is 1.75. The molecule has 3 heterocycles. The Bertz CT molecular complexity index is 1950. The van der Waals surface area contributed by atoms with E-state index in [1.807, 2.05) is 6.20 Å². The molecule has 3 aromatic heterocycles. The molecule has 0 spiro atoms. The summed E-state index contributed by atoms with van der Waals surface area (Å²) >= 11 is 0. The monoisotopic (exact) mass is 495 g/mol. The Labute approximate surface area is 221 Å². The maximum atomic E-state index is 6.09. The maximum absolute atomic E-state index is 6.09. The Morgan fingerprint density at radius 3 is 1.74 bits per heavy atom. The summed E-state index contributed by atoms with van der Waals surface area (Å²) < 4.78 is 10.7. The molecule has 0 aliphatic carbocycles. The highest BCUT2D eigenvalue weighted by Gasteiger charge is 2.21. The Morgan fingerprint density at radius 2 is 1.16 bits per heavy atom. The second-order valence-corrected chi connectivity index (χ2v) is 10.9. The molecule has 0 radical (unpaired) electrons. The van der Waals surface area contributed by atoms with Gasteiger partial charge >= 0.3 is 0 Å². The lowest BCUT2D eigenvalue weighted by molar-refractivity contribution is 0.414. The van der Waals surface area contributed by atoms with Crippen molar-refractivity contribution in [2.45, 2.75) is 26.2 Å². The Balaban J connectivity index is 1.59. The van der Waals surface area contributed by atoms with Crippen molar-refractivity contribution in [3.8, 4) is 17.3 Å². The molecule has 4 nitrogen and oxygen atoms in total. The second-order valence-electron chi connectivity index (χ2n) is 10.9. The maximum Gasteiger partial charge on any atom is 0.145 e. The van der Waals surface area contributed by atoms with E-state index >= 15 is 0 Å². The molecule has 0 saturated carbocycles. The summed E-state index contributed by atoms with van der Waals surface area (Å²) in [6.45, 7) is 6.71. The normalized spacial score (nSPS) is 12.2. The van der Waals surface area contributed by atoms with Gasteiger partial charge in [0.2, 0.25) is 0 Å². The molecule has 0 bridgehead atoms. The molecular weight excluding hydrogens is 466 g/mol. The number of methoxy groups -OCH3 is 1.